The van der Waals surface area contributed by atoms with E-state index in [1.807, 2.05) is 19.9 Å². The Labute approximate surface area is 147 Å². The fourth-order valence-electron chi connectivity index (χ4n) is 3.62. The SMILES string of the molecule is CCOc1ncc(NC(=O)C2(c3ccccc3F)CCCC2)cc1C. The molecule has 1 N–H and O–H groups in total. The summed E-state index contributed by atoms with van der Waals surface area (Å²) < 4.78 is 19.8. The van der Waals surface area contributed by atoms with Crippen LogP contribution in [-0.4, -0.2) is 17.5 Å². The molecule has 132 valence electrons. The van der Waals surface area contributed by atoms with Gasteiger partial charge >= 0.3 is 0 Å². The zero-order chi connectivity index (χ0) is 17.9. The number of hydrogen-bond donors (Lipinski definition) is 1. The molecule has 2 aromatic rings. The van der Waals surface area contributed by atoms with Crippen LogP contribution in [0.2, 0.25) is 0 Å². The molecular weight excluding hydrogens is 319 g/mol. The van der Waals surface area contributed by atoms with Crippen LogP contribution in [0.3, 0.4) is 0 Å². The molecule has 3 rings (SSSR count). The molecule has 0 atom stereocenters. The average molecular weight is 342 g/mol. The van der Waals surface area contributed by atoms with Crippen LogP contribution >= 0.6 is 0 Å². The van der Waals surface area contributed by atoms with Crippen molar-refractivity contribution in [3.8, 4) is 5.88 Å². The summed E-state index contributed by atoms with van der Waals surface area (Å²) in [5.74, 6) is 0.0752. The minimum absolute atomic E-state index is 0.166. The van der Waals surface area contributed by atoms with E-state index in [1.54, 1.807) is 24.4 Å². The minimum atomic E-state index is -0.808. The summed E-state index contributed by atoms with van der Waals surface area (Å²) in [5.41, 5.74) is 1.14. The molecule has 1 fully saturated rings. The topological polar surface area (TPSA) is 51.2 Å². The first-order valence-electron chi connectivity index (χ1n) is 8.73. The summed E-state index contributed by atoms with van der Waals surface area (Å²) in [4.78, 5) is 17.3. The molecule has 0 unspecified atom stereocenters. The maximum Gasteiger partial charge on any atom is 0.235 e. The Morgan fingerprint density at radius 2 is 2.04 bits per heavy atom. The molecule has 1 aliphatic carbocycles. The molecule has 0 spiro atoms. The van der Waals surface area contributed by atoms with E-state index >= 15 is 0 Å². The summed E-state index contributed by atoms with van der Waals surface area (Å²) in [5, 5.41) is 2.94. The van der Waals surface area contributed by atoms with Crippen molar-refractivity contribution in [1.29, 1.82) is 0 Å². The van der Waals surface area contributed by atoms with Crippen LogP contribution < -0.4 is 10.1 Å². The van der Waals surface area contributed by atoms with Crippen LogP contribution in [0.5, 0.6) is 5.88 Å². The maximum absolute atomic E-state index is 14.4. The Bertz CT molecular complexity index is 770. The van der Waals surface area contributed by atoms with Crippen molar-refractivity contribution in [3.05, 3.63) is 53.5 Å². The molecule has 0 bridgehead atoms. The van der Waals surface area contributed by atoms with Gasteiger partial charge in [-0.15, -0.1) is 0 Å². The van der Waals surface area contributed by atoms with E-state index in [0.29, 0.717) is 36.6 Å². The van der Waals surface area contributed by atoms with Crippen molar-refractivity contribution < 1.29 is 13.9 Å². The zero-order valence-corrected chi connectivity index (χ0v) is 14.6. The Morgan fingerprint density at radius 1 is 1.32 bits per heavy atom. The second kappa shape index (κ2) is 7.21. The van der Waals surface area contributed by atoms with Gasteiger partial charge in [-0.05, 0) is 38.8 Å². The lowest BCUT2D eigenvalue weighted by Crippen LogP contribution is -2.38. The molecular formula is C20H23FN2O2. The van der Waals surface area contributed by atoms with E-state index in [1.165, 1.54) is 6.07 Å². The lowest BCUT2D eigenvalue weighted by molar-refractivity contribution is -0.121. The Morgan fingerprint density at radius 3 is 2.68 bits per heavy atom. The summed E-state index contributed by atoms with van der Waals surface area (Å²) in [6.07, 6.45) is 4.73. The minimum Gasteiger partial charge on any atom is -0.478 e. The molecule has 0 saturated heterocycles. The predicted octanol–water partition coefficient (Wildman–Crippen LogP) is 4.38. The van der Waals surface area contributed by atoms with Gasteiger partial charge in [0.15, 0.2) is 0 Å². The van der Waals surface area contributed by atoms with Crippen molar-refractivity contribution in [3.63, 3.8) is 0 Å². The van der Waals surface area contributed by atoms with E-state index in [-0.39, 0.29) is 11.7 Å². The molecule has 1 aliphatic rings. The molecule has 5 heteroatoms. The summed E-state index contributed by atoms with van der Waals surface area (Å²) in [6.45, 7) is 4.32. The third-order valence-electron chi connectivity index (χ3n) is 4.85. The van der Waals surface area contributed by atoms with Gasteiger partial charge in [-0.2, -0.15) is 0 Å². The third kappa shape index (κ3) is 3.36. The molecule has 4 nitrogen and oxygen atoms in total. The van der Waals surface area contributed by atoms with E-state index < -0.39 is 5.41 Å². The van der Waals surface area contributed by atoms with Gasteiger partial charge in [0, 0.05) is 11.1 Å². The highest BCUT2D eigenvalue weighted by Crippen LogP contribution is 2.43. The average Bonchev–Trinajstić information content (AvgIpc) is 3.09. The normalized spacial score (nSPS) is 15.8. The lowest BCUT2D eigenvalue weighted by Gasteiger charge is -2.28. The number of ether oxygens (including phenoxy) is 1. The van der Waals surface area contributed by atoms with Crippen LogP contribution in [0.4, 0.5) is 10.1 Å². The van der Waals surface area contributed by atoms with Crippen LogP contribution in [0.25, 0.3) is 0 Å². The van der Waals surface area contributed by atoms with Crippen LogP contribution in [0, 0.1) is 12.7 Å². The monoisotopic (exact) mass is 342 g/mol. The van der Waals surface area contributed by atoms with Crippen LogP contribution in [-0.2, 0) is 10.2 Å². The number of amides is 1. The molecule has 25 heavy (non-hydrogen) atoms. The maximum atomic E-state index is 14.4. The molecule has 1 saturated carbocycles. The number of benzene rings is 1. The largest absolute Gasteiger partial charge is 0.478 e. The number of carbonyl (C=O) groups excluding carboxylic acids is 1. The van der Waals surface area contributed by atoms with Gasteiger partial charge in [0.05, 0.1) is 23.9 Å². The van der Waals surface area contributed by atoms with E-state index in [0.717, 1.165) is 18.4 Å². The molecule has 1 aromatic carbocycles. The highest BCUT2D eigenvalue weighted by atomic mass is 19.1. The van der Waals surface area contributed by atoms with Crippen LogP contribution in [0.1, 0.15) is 43.7 Å². The van der Waals surface area contributed by atoms with Crippen molar-refractivity contribution in [1.82, 2.24) is 4.98 Å². The van der Waals surface area contributed by atoms with Gasteiger partial charge in [0.2, 0.25) is 11.8 Å². The fourth-order valence-corrected chi connectivity index (χ4v) is 3.62. The number of hydrogen-bond acceptors (Lipinski definition) is 3. The van der Waals surface area contributed by atoms with E-state index in [9.17, 15) is 9.18 Å². The van der Waals surface area contributed by atoms with Crippen LogP contribution in [0.15, 0.2) is 36.5 Å². The van der Waals surface area contributed by atoms with Crippen molar-refractivity contribution in [2.75, 3.05) is 11.9 Å². The van der Waals surface area contributed by atoms with Gasteiger partial charge in [0.25, 0.3) is 0 Å². The highest BCUT2D eigenvalue weighted by Gasteiger charge is 2.44. The smallest absolute Gasteiger partial charge is 0.235 e. The summed E-state index contributed by atoms with van der Waals surface area (Å²) >= 11 is 0. The number of carbonyl (C=O) groups is 1. The number of rotatable bonds is 5. The second-order valence-electron chi connectivity index (χ2n) is 6.50. The number of aryl methyl sites for hydroxylation is 1. The van der Waals surface area contributed by atoms with E-state index in [2.05, 4.69) is 10.3 Å². The lowest BCUT2D eigenvalue weighted by atomic mass is 9.77. The Kier molecular flexibility index (Phi) is 5.02. The fraction of sp³-hybridized carbons (Fsp3) is 0.400. The van der Waals surface area contributed by atoms with Gasteiger partial charge in [-0.3, -0.25) is 4.79 Å². The predicted molar refractivity (Wildman–Crippen MR) is 95.3 cm³/mol. The molecule has 0 aliphatic heterocycles. The first-order chi connectivity index (χ1) is 12.1. The van der Waals surface area contributed by atoms with Gasteiger partial charge in [0.1, 0.15) is 5.82 Å². The Balaban J connectivity index is 1.88. The van der Waals surface area contributed by atoms with E-state index in [4.69, 9.17) is 4.74 Å². The standard InChI is InChI=1S/C20H23FN2O2/c1-3-25-18-14(2)12-15(13-22-18)23-19(24)20(10-6-7-11-20)16-8-4-5-9-17(16)21/h4-5,8-9,12-13H,3,6-7,10-11H2,1-2H3,(H,23,24). The van der Waals surface area contributed by atoms with Gasteiger partial charge in [-0.25, -0.2) is 9.37 Å². The number of nitrogens with one attached hydrogen (secondary N) is 1. The summed E-state index contributed by atoms with van der Waals surface area (Å²) in [7, 11) is 0. The second-order valence-corrected chi connectivity index (χ2v) is 6.50. The van der Waals surface area contributed by atoms with Gasteiger partial charge in [-0.1, -0.05) is 31.0 Å². The number of pyridine rings is 1. The number of aromatic nitrogens is 1. The highest BCUT2D eigenvalue weighted by molar-refractivity contribution is 5.99. The van der Waals surface area contributed by atoms with Gasteiger partial charge < -0.3 is 10.1 Å². The quantitative estimate of drug-likeness (QED) is 0.877. The number of halogens is 1. The molecule has 0 radical (unpaired) electrons. The Hall–Kier alpha value is -2.43. The number of anilines is 1. The van der Waals surface area contributed by atoms with Crippen molar-refractivity contribution in [2.45, 2.75) is 44.9 Å². The third-order valence-corrected chi connectivity index (χ3v) is 4.85. The first-order valence-corrected chi connectivity index (χ1v) is 8.73. The van der Waals surface area contributed by atoms with Crippen molar-refractivity contribution in [2.24, 2.45) is 0 Å². The first kappa shape index (κ1) is 17.4. The number of nitrogens with zero attached hydrogens (tertiary/aromatic N) is 1. The molecule has 1 heterocycles. The summed E-state index contributed by atoms with van der Waals surface area (Å²) in [6, 6.07) is 8.42. The van der Waals surface area contributed by atoms with Crippen molar-refractivity contribution >= 4 is 11.6 Å². The zero-order valence-electron chi connectivity index (χ0n) is 14.6. The molecule has 1 amide bonds. The molecule has 1 aromatic heterocycles.